The molecule has 0 radical (unpaired) electrons. The number of pyridine rings is 1. The standard InChI is InChI=1S/C27H28N4O3S/c1-19-9-10-22(16-25(19)35(33,34)30-17-20-6-3-2-4-7-20)27(32)31-14-11-21(12-15-31)24-18-29-26-23(24)8-5-13-28-26/h2-10,13,16,18,21,30H,11-12,14-15,17H2,1H3,(H,28,29). The van der Waals surface area contributed by atoms with Crippen LogP contribution in [0.3, 0.4) is 0 Å². The van der Waals surface area contributed by atoms with Gasteiger partial charge in [0.05, 0.1) is 4.90 Å². The molecule has 2 aromatic carbocycles. The number of fused-ring (bicyclic) bond motifs is 1. The quantitative estimate of drug-likeness (QED) is 0.421. The Morgan fingerprint density at radius 1 is 1.09 bits per heavy atom. The minimum atomic E-state index is -3.77. The molecule has 4 aromatic rings. The van der Waals surface area contributed by atoms with Crippen molar-refractivity contribution < 1.29 is 13.2 Å². The molecular formula is C27H28N4O3S. The maximum Gasteiger partial charge on any atom is 0.253 e. The molecule has 0 atom stereocenters. The summed E-state index contributed by atoms with van der Waals surface area (Å²) in [5, 5.41) is 1.13. The molecule has 0 aliphatic carbocycles. The molecule has 180 valence electrons. The van der Waals surface area contributed by atoms with Crippen LogP contribution in [0.25, 0.3) is 11.0 Å². The van der Waals surface area contributed by atoms with E-state index in [1.807, 2.05) is 47.5 Å². The van der Waals surface area contributed by atoms with E-state index >= 15 is 0 Å². The molecule has 35 heavy (non-hydrogen) atoms. The number of carbonyl (C=O) groups excluding carboxylic acids is 1. The fraction of sp³-hybridized carbons (Fsp3) is 0.259. The van der Waals surface area contributed by atoms with Crippen molar-refractivity contribution in [1.82, 2.24) is 19.6 Å². The van der Waals surface area contributed by atoms with Gasteiger partial charge < -0.3 is 9.88 Å². The zero-order valence-corrected chi connectivity index (χ0v) is 20.4. The molecule has 7 nitrogen and oxygen atoms in total. The van der Waals surface area contributed by atoms with E-state index in [1.54, 1.807) is 25.3 Å². The van der Waals surface area contributed by atoms with Crippen molar-refractivity contribution in [2.24, 2.45) is 0 Å². The number of hydrogen-bond acceptors (Lipinski definition) is 4. The summed E-state index contributed by atoms with van der Waals surface area (Å²) >= 11 is 0. The van der Waals surface area contributed by atoms with Crippen molar-refractivity contribution in [3.63, 3.8) is 0 Å². The number of nitrogens with zero attached hydrogens (tertiary/aromatic N) is 2. The molecule has 5 rings (SSSR count). The summed E-state index contributed by atoms with van der Waals surface area (Å²) in [6.45, 7) is 3.18. The van der Waals surface area contributed by atoms with Gasteiger partial charge in [-0.05, 0) is 66.6 Å². The van der Waals surface area contributed by atoms with E-state index in [2.05, 4.69) is 20.8 Å². The SMILES string of the molecule is Cc1ccc(C(=O)N2CCC(c3c[nH]c4ncccc34)CC2)cc1S(=O)(=O)NCc1ccccc1. The maximum atomic E-state index is 13.3. The topological polar surface area (TPSA) is 95.2 Å². The Kier molecular flexibility index (Phi) is 6.40. The van der Waals surface area contributed by atoms with Crippen molar-refractivity contribution in [1.29, 1.82) is 0 Å². The fourth-order valence-corrected chi connectivity index (χ4v) is 6.05. The van der Waals surface area contributed by atoms with Crippen molar-refractivity contribution in [3.8, 4) is 0 Å². The van der Waals surface area contributed by atoms with Crippen LogP contribution in [0.15, 0.2) is 78.0 Å². The van der Waals surface area contributed by atoms with Gasteiger partial charge in [0.1, 0.15) is 5.65 Å². The highest BCUT2D eigenvalue weighted by Gasteiger charge is 2.27. The molecule has 8 heteroatoms. The second-order valence-electron chi connectivity index (χ2n) is 9.00. The van der Waals surface area contributed by atoms with Gasteiger partial charge in [-0.25, -0.2) is 18.1 Å². The van der Waals surface area contributed by atoms with Crippen molar-refractivity contribution >= 4 is 27.0 Å². The summed E-state index contributed by atoms with van der Waals surface area (Å²) in [6, 6.07) is 18.3. The largest absolute Gasteiger partial charge is 0.346 e. The van der Waals surface area contributed by atoms with E-state index in [4.69, 9.17) is 0 Å². The number of rotatable bonds is 6. The van der Waals surface area contributed by atoms with Crippen LogP contribution in [-0.4, -0.2) is 42.3 Å². The summed E-state index contributed by atoms with van der Waals surface area (Å²) in [4.78, 5) is 22.8. The van der Waals surface area contributed by atoms with Gasteiger partial charge >= 0.3 is 0 Å². The molecule has 0 bridgehead atoms. The Hall–Kier alpha value is -3.49. The van der Waals surface area contributed by atoms with E-state index in [1.165, 1.54) is 11.6 Å². The van der Waals surface area contributed by atoms with Crippen LogP contribution < -0.4 is 4.72 Å². The predicted molar refractivity (Wildman–Crippen MR) is 136 cm³/mol. The highest BCUT2D eigenvalue weighted by molar-refractivity contribution is 7.89. The highest BCUT2D eigenvalue weighted by atomic mass is 32.2. The van der Waals surface area contributed by atoms with Crippen LogP contribution >= 0.6 is 0 Å². The first-order valence-corrected chi connectivity index (χ1v) is 13.3. The number of aryl methyl sites for hydroxylation is 1. The monoisotopic (exact) mass is 488 g/mol. The van der Waals surface area contributed by atoms with Gasteiger partial charge in [0.25, 0.3) is 5.91 Å². The number of aromatic nitrogens is 2. The summed E-state index contributed by atoms with van der Waals surface area (Å²) in [7, 11) is -3.77. The number of carbonyl (C=O) groups is 1. The third kappa shape index (κ3) is 4.85. The summed E-state index contributed by atoms with van der Waals surface area (Å²) in [5.41, 5.74) is 4.00. The summed E-state index contributed by atoms with van der Waals surface area (Å²) in [6.07, 6.45) is 5.50. The molecule has 0 saturated carbocycles. The summed E-state index contributed by atoms with van der Waals surface area (Å²) in [5.74, 6) is 0.219. The third-order valence-corrected chi connectivity index (χ3v) is 8.28. The lowest BCUT2D eigenvalue weighted by molar-refractivity contribution is 0.0713. The molecule has 1 aliphatic heterocycles. The number of piperidine rings is 1. The number of nitrogens with one attached hydrogen (secondary N) is 2. The lowest BCUT2D eigenvalue weighted by atomic mass is 9.89. The Bertz CT molecular complexity index is 1460. The van der Waals surface area contributed by atoms with E-state index in [0.29, 0.717) is 30.1 Å². The zero-order chi connectivity index (χ0) is 24.4. The van der Waals surface area contributed by atoms with Crippen molar-refractivity contribution in [2.45, 2.75) is 37.1 Å². The lowest BCUT2D eigenvalue weighted by Gasteiger charge is -2.32. The smallest absolute Gasteiger partial charge is 0.253 e. The van der Waals surface area contributed by atoms with Crippen LogP contribution in [0.4, 0.5) is 0 Å². The number of hydrogen-bond donors (Lipinski definition) is 2. The predicted octanol–water partition coefficient (Wildman–Crippen LogP) is 4.37. The Labute approximate surface area is 205 Å². The van der Waals surface area contributed by atoms with Crippen LogP contribution in [0.2, 0.25) is 0 Å². The van der Waals surface area contributed by atoms with E-state index < -0.39 is 10.0 Å². The molecule has 2 N–H and O–H groups in total. The van der Waals surface area contributed by atoms with Crippen LogP contribution in [0.1, 0.15) is 45.8 Å². The van der Waals surface area contributed by atoms with Gasteiger partial charge in [-0.1, -0.05) is 36.4 Å². The van der Waals surface area contributed by atoms with Crippen LogP contribution in [0, 0.1) is 6.92 Å². The Morgan fingerprint density at radius 3 is 2.63 bits per heavy atom. The molecule has 0 unspecified atom stereocenters. The second kappa shape index (κ2) is 9.64. The van der Waals surface area contributed by atoms with Gasteiger partial charge in [0, 0.05) is 43.0 Å². The number of sulfonamides is 1. The van der Waals surface area contributed by atoms with E-state index in [-0.39, 0.29) is 17.3 Å². The van der Waals surface area contributed by atoms with Crippen molar-refractivity contribution in [2.75, 3.05) is 13.1 Å². The van der Waals surface area contributed by atoms with Crippen LogP contribution in [-0.2, 0) is 16.6 Å². The second-order valence-corrected chi connectivity index (χ2v) is 10.7. The lowest BCUT2D eigenvalue weighted by Crippen LogP contribution is -2.38. The molecule has 1 saturated heterocycles. The van der Waals surface area contributed by atoms with Gasteiger partial charge in [-0.2, -0.15) is 0 Å². The van der Waals surface area contributed by atoms with Crippen LogP contribution in [0.5, 0.6) is 0 Å². The van der Waals surface area contributed by atoms with Crippen molar-refractivity contribution in [3.05, 3.63) is 95.3 Å². The number of H-pyrrole nitrogens is 1. The molecule has 3 heterocycles. The minimum absolute atomic E-state index is 0.136. The first kappa shape index (κ1) is 23.3. The number of amides is 1. The first-order valence-electron chi connectivity index (χ1n) is 11.8. The van der Waals surface area contributed by atoms with E-state index in [0.717, 1.165) is 29.4 Å². The van der Waals surface area contributed by atoms with Gasteiger partial charge in [0.2, 0.25) is 10.0 Å². The fourth-order valence-electron chi connectivity index (χ4n) is 4.77. The molecular weight excluding hydrogens is 460 g/mol. The maximum absolute atomic E-state index is 13.3. The first-order chi connectivity index (χ1) is 16.9. The average Bonchev–Trinajstić information content (AvgIpc) is 3.32. The zero-order valence-electron chi connectivity index (χ0n) is 19.6. The molecule has 1 aliphatic rings. The molecule has 1 amide bonds. The normalized spacial score (nSPS) is 14.9. The highest BCUT2D eigenvalue weighted by Crippen LogP contribution is 2.33. The third-order valence-electron chi connectivity index (χ3n) is 6.74. The van der Waals surface area contributed by atoms with Gasteiger partial charge in [-0.3, -0.25) is 4.79 Å². The van der Waals surface area contributed by atoms with Gasteiger partial charge in [-0.15, -0.1) is 0 Å². The molecule has 1 fully saturated rings. The Balaban J connectivity index is 1.28. The number of benzene rings is 2. The molecule has 2 aromatic heterocycles. The summed E-state index contributed by atoms with van der Waals surface area (Å²) < 4.78 is 28.7. The average molecular weight is 489 g/mol. The Morgan fingerprint density at radius 2 is 1.86 bits per heavy atom. The minimum Gasteiger partial charge on any atom is -0.346 e. The number of aromatic amines is 1. The van der Waals surface area contributed by atoms with E-state index in [9.17, 15) is 13.2 Å². The van der Waals surface area contributed by atoms with Gasteiger partial charge in [0.15, 0.2) is 0 Å². The number of likely N-dealkylation sites (tertiary alicyclic amines) is 1. The molecule has 0 spiro atoms.